The molecule has 0 radical (unpaired) electrons. The number of aromatic nitrogens is 5. The van der Waals surface area contributed by atoms with Crippen LogP contribution in [-0.2, 0) is 4.79 Å². The van der Waals surface area contributed by atoms with Crippen LogP contribution >= 0.6 is 0 Å². The van der Waals surface area contributed by atoms with Gasteiger partial charge in [0.15, 0.2) is 0 Å². The predicted octanol–water partition coefficient (Wildman–Crippen LogP) is 4.30. The number of carbonyl (C=O) groups excluding carboxylic acids is 1. The topological polar surface area (TPSA) is 115 Å². The van der Waals surface area contributed by atoms with E-state index in [1.54, 1.807) is 18.3 Å². The van der Waals surface area contributed by atoms with Crippen molar-refractivity contribution in [2.24, 2.45) is 0 Å². The van der Waals surface area contributed by atoms with Crippen molar-refractivity contribution >= 4 is 56.8 Å². The first-order valence-corrected chi connectivity index (χ1v) is 9.73. The molecule has 3 aromatic heterocycles. The van der Waals surface area contributed by atoms with E-state index < -0.39 is 0 Å². The molecule has 0 atom stereocenters. The van der Waals surface area contributed by atoms with Gasteiger partial charge in [0.25, 0.3) is 0 Å². The second-order valence-corrected chi connectivity index (χ2v) is 7.15. The molecule has 1 amide bonds. The number of H-pyrrole nitrogens is 2. The molecule has 9 nitrogen and oxygen atoms in total. The Morgan fingerprint density at radius 1 is 0.968 bits per heavy atom. The number of carbonyl (C=O) groups is 1. The standard InChI is InChI=1S/C22H20N8O/c1-13(31)30(2)16-6-3-14(4-7-16)27-22-28-20-17(9-10-23-20)21(29-22)26-15-5-8-18-19(11-15)25-12-24-18/h3-12H,1-2H3,(H,24,25)(H3,23,26,27,28,29). The summed E-state index contributed by atoms with van der Waals surface area (Å²) in [4.78, 5) is 32.9. The first-order valence-electron chi connectivity index (χ1n) is 9.73. The molecule has 5 aromatic rings. The number of amides is 1. The van der Waals surface area contributed by atoms with Crippen molar-refractivity contribution < 1.29 is 4.79 Å². The van der Waals surface area contributed by atoms with Crippen molar-refractivity contribution in [1.29, 1.82) is 0 Å². The van der Waals surface area contributed by atoms with Gasteiger partial charge in [-0.2, -0.15) is 9.97 Å². The summed E-state index contributed by atoms with van der Waals surface area (Å²) in [5.41, 5.74) is 5.09. The minimum Gasteiger partial charge on any atom is -0.346 e. The van der Waals surface area contributed by atoms with Gasteiger partial charge >= 0.3 is 0 Å². The highest BCUT2D eigenvalue weighted by Gasteiger charge is 2.11. The zero-order valence-corrected chi connectivity index (χ0v) is 17.0. The SMILES string of the molecule is CC(=O)N(C)c1ccc(Nc2nc(Nc3ccc4nc[nH]c4c3)c3cc[nH]c3n2)cc1. The molecule has 0 aliphatic carbocycles. The van der Waals surface area contributed by atoms with Gasteiger partial charge in [-0.1, -0.05) is 0 Å². The van der Waals surface area contributed by atoms with Crippen LogP contribution in [0.3, 0.4) is 0 Å². The monoisotopic (exact) mass is 412 g/mol. The molecule has 4 N–H and O–H groups in total. The largest absolute Gasteiger partial charge is 0.346 e. The highest BCUT2D eigenvalue weighted by atomic mass is 16.2. The zero-order valence-electron chi connectivity index (χ0n) is 17.0. The first-order chi connectivity index (χ1) is 15.1. The molecular formula is C22H20N8O. The Labute approximate surface area is 177 Å². The minimum absolute atomic E-state index is 0.0229. The molecule has 31 heavy (non-hydrogen) atoms. The number of nitrogens with zero attached hydrogens (tertiary/aromatic N) is 4. The summed E-state index contributed by atoms with van der Waals surface area (Å²) in [7, 11) is 1.74. The van der Waals surface area contributed by atoms with Crippen LogP contribution in [0.2, 0.25) is 0 Å². The van der Waals surface area contributed by atoms with Gasteiger partial charge in [0, 0.05) is 37.2 Å². The second kappa shape index (κ2) is 7.45. The van der Waals surface area contributed by atoms with E-state index in [9.17, 15) is 4.79 Å². The molecule has 0 fully saturated rings. The third-order valence-corrected chi connectivity index (χ3v) is 5.08. The van der Waals surface area contributed by atoms with Crippen LogP contribution in [0.5, 0.6) is 0 Å². The summed E-state index contributed by atoms with van der Waals surface area (Å²) in [6, 6.07) is 15.3. The molecule has 5 rings (SSSR count). The molecule has 0 aliphatic rings. The van der Waals surface area contributed by atoms with Crippen molar-refractivity contribution in [1.82, 2.24) is 24.9 Å². The number of anilines is 5. The molecule has 0 bridgehead atoms. The van der Waals surface area contributed by atoms with Crippen molar-refractivity contribution in [3.05, 3.63) is 61.1 Å². The fraction of sp³-hybridized carbons (Fsp3) is 0.0909. The van der Waals surface area contributed by atoms with E-state index in [-0.39, 0.29) is 5.91 Å². The fourth-order valence-corrected chi connectivity index (χ4v) is 3.32. The lowest BCUT2D eigenvalue weighted by molar-refractivity contribution is -0.116. The van der Waals surface area contributed by atoms with Gasteiger partial charge in [-0.05, 0) is 48.5 Å². The van der Waals surface area contributed by atoms with Gasteiger partial charge in [0.2, 0.25) is 11.9 Å². The van der Waals surface area contributed by atoms with Gasteiger partial charge in [0.1, 0.15) is 11.5 Å². The number of imidazole rings is 1. The number of hydrogen-bond acceptors (Lipinski definition) is 6. The van der Waals surface area contributed by atoms with E-state index in [0.29, 0.717) is 11.8 Å². The van der Waals surface area contributed by atoms with Crippen LogP contribution in [0.15, 0.2) is 61.1 Å². The highest BCUT2D eigenvalue weighted by molar-refractivity contribution is 5.92. The average molecular weight is 412 g/mol. The molecule has 0 saturated carbocycles. The van der Waals surface area contributed by atoms with Crippen LogP contribution in [0.25, 0.3) is 22.1 Å². The fourth-order valence-electron chi connectivity index (χ4n) is 3.32. The van der Waals surface area contributed by atoms with E-state index in [1.165, 1.54) is 6.92 Å². The number of nitrogens with one attached hydrogen (secondary N) is 4. The smallest absolute Gasteiger partial charge is 0.231 e. The van der Waals surface area contributed by atoms with Gasteiger partial charge in [-0.25, -0.2) is 4.98 Å². The third-order valence-electron chi connectivity index (χ3n) is 5.08. The normalized spacial score (nSPS) is 11.0. The Hall–Kier alpha value is -4.40. The van der Waals surface area contributed by atoms with Crippen LogP contribution in [0.1, 0.15) is 6.92 Å². The quantitative estimate of drug-likeness (QED) is 0.342. The van der Waals surface area contributed by atoms with Crippen molar-refractivity contribution in [3.63, 3.8) is 0 Å². The average Bonchev–Trinajstić information content (AvgIpc) is 3.42. The lowest BCUT2D eigenvalue weighted by Crippen LogP contribution is -2.22. The number of aromatic amines is 2. The first kappa shape index (κ1) is 18.6. The molecule has 3 heterocycles. The maximum absolute atomic E-state index is 11.5. The molecule has 0 aliphatic heterocycles. The summed E-state index contributed by atoms with van der Waals surface area (Å²) < 4.78 is 0. The Bertz CT molecular complexity index is 1390. The number of hydrogen-bond donors (Lipinski definition) is 4. The summed E-state index contributed by atoms with van der Waals surface area (Å²) in [6.45, 7) is 1.53. The molecule has 0 unspecified atom stereocenters. The molecule has 9 heteroatoms. The second-order valence-electron chi connectivity index (χ2n) is 7.15. The van der Waals surface area contributed by atoms with Gasteiger partial charge in [-0.3, -0.25) is 4.79 Å². The van der Waals surface area contributed by atoms with Crippen LogP contribution in [0, 0.1) is 0 Å². The Balaban J connectivity index is 1.44. The van der Waals surface area contributed by atoms with E-state index in [2.05, 4.69) is 35.6 Å². The van der Waals surface area contributed by atoms with Crippen molar-refractivity contribution in [2.45, 2.75) is 6.92 Å². The van der Waals surface area contributed by atoms with Crippen LogP contribution in [-0.4, -0.2) is 37.9 Å². The Kier molecular flexibility index (Phi) is 4.47. The van der Waals surface area contributed by atoms with E-state index in [1.807, 2.05) is 54.7 Å². The highest BCUT2D eigenvalue weighted by Crippen LogP contribution is 2.27. The maximum Gasteiger partial charge on any atom is 0.231 e. The molecule has 2 aromatic carbocycles. The van der Waals surface area contributed by atoms with Gasteiger partial charge in [-0.15, -0.1) is 0 Å². The van der Waals surface area contributed by atoms with Crippen LogP contribution in [0.4, 0.5) is 28.8 Å². The summed E-state index contributed by atoms with van der Waals surface area (Å²) in [6.07, 6.45) is 3.50. The Morgan fingerprint density at radius 3 is 2.58 bits per heavy atom. The maximum atomic E-state index is 11.5. The number of rotatable bonds is 5. The van der Waals surface area contributed by atoms with Gasteiger partial charge in [0.05, 0.1) is 22.7 Å². The summed E-state index contributed by atoms with van der Waals surface area (Å²) in [5.74, 6) is 1.11. The molecule has 0 saturated heterocycles. The number of benzene rings is 2. The van der Waals surface area contributed by atoms with Crippen LogP contribution < -0.4 is 15.5 Å². The third kappa shape index (κ3) is 3.64. The van der Waals surface area contributed by atoms with E-state index >= 15 is 0 Å². The minimum atomic E-state index is -0.0229. The lowest BCUT2D eigenvalue weighted by atomic mass is 10.2. The van der Waals surface area contributed by atoms with Crippen molar-refractivity contribution in [3.8, 4) is 0 Å². The summed E-state index contributed by atoms with van der Waals surface area (Å²) >= 11 is 0. The molecule has 0 spiro atoms. The molecule has 154 valence electrons. The van der Waals surface area contributed by atoms with Gasteiger partial charge < -0.3 is 25.5 Å². The zero-order chi connectivity index (χ0) is 21.4. The van der Waals surface area contributed by atoms with E-state index in [4.69, 9.17) is 0 Å². The summed E-state index contributed by atoms with van der Waals surface area (Å²) in [5, 5.41) is 7.49. The van der Waals surface area contributed by atoms with Crippen molar-refractivity contribution in [2.75, 3.05) is 22.6 Å². The molecular weight excluding hydrogens is 392 g/mol. The Morgan fingerprint density at radius 2 is 1.77 bits per heavy atom. The van der Waals surface area contributed by atoms with E-state index in [0.717, 1.165) is 39.1 Å². The number of fused-ring (bicyclic) bond motifs is 2. The lowest BCUT2D eigenvalue weighted by Gasteiger charge is -2.15. The predicted molar refractivity (Wildman–Crippen MR) is 122 cm³/mol.